The van der Waals surface area contributed by atoms with E-state index in [0.29, 0.717) is 18.1 Å². The molecule has 1 saturated heterocycles. The molecule has 1 fully saturated rings. The van der Waals surface area contributed by atoms with E-state index < -0.39 is 0 Å². The van der Waals surface area contributed by atoms with Gasteiger partial charge in [0.1, 0.15) is 11.4 Å². The molecule has 3 N–H and O–H groups in total. The first-order valence-electron chi connectivity index (χ1n) is 9.42. The molecule has 0 spiro atoms. The Morgan fingerprint density at radius 1 is 1.18 bits per heavy atom. The number of thiocarbonyl (C=S) groups is 1. The zero-order valence-corrected chi connectivity index (χ0v) is 16.7. The molecular formula is C20H24N6OS. The summed E-state index contributed by atoms with van der Waals surface area (Å²) in [4.78, 5) is 8.92. The minimum absolute atomic E-state index is 0.604. The Morgan fingerprint density at radius 3 is 2.68 bits per heavy atom. The fourth-order valence-electron chi connectivity index (χ4n) is 3.45. The molecule has 0 amide bonds. The number of pyridine rings is 1. The van der Waals surface area contributed by atoms with Gasteiger partial charge in [0.2, 0.25) is 0 Å². The number of hydrazone groups is 1. The number of fused-ring (bicyclic) bond motifs is 1. The van der Waals surface area contributed by atoms with Gasteiger partial charge in [0.05, 0.1) is 12.3 Å². The van der Waals surface area contributed by atoms with Gasteiger partial charge in [-0.3, -0.25) is 10.4 Å². The number of nitrogens with zero attached hydrogens (tertiary/aromatic N) is 4. The van der Waals surface area contributed by atoms with Crippen molar-refractivity contribution in [1.82, 2.24) is 15.3 Å². The van der Waals surface area contributed by atoms with Crippen LogP contribution in [0.15, 0.2) is 41.6 Å². The summed E-state index contributed by atoms with van der Waals surface area (Å²) in [5.41, 5.74) is 13.6. The van der Waals surface area contributed by atoms with Gasteiger partial charge in [-0.05, 0) is 55.0 Å². The number of anilines is 2. The van der Waals surface area contributed by atoms with Crippen molar-refractivity contribution in [2.75, 3.05) is 43.4 Å². The van der Waals surface area contributed by atoms with E-state index in [9.17, 15) is 0 Å². The molecule has 0 unspecified atom stereocenters. The van der Waals surface area contributed by atoms with Crippen molar-refractivity contribution in [1.29, 1.82) is 0 Å². The summed E-state index contributed by atoms with van der Waals surface area (Å²) >= 11 is 5.56. The number of nitrogens with two attached hydrogens (primary N) is 1. The second-order valence-corrected chi connectivity index (χ2v) is 7.33. The van der Waals surface area contributed by atoms with E-state index in [1.165, 1.54) is 5.69 Å². The van der Waals surface area contributed by atoms with E-state index in [4.69, 9.17) is 22.7 Å². The van der Waals surface area contributed by atoms with Crippen molar-refractivity contribution >= 4 is 34.4 Å². The zero-order valence-electron chi connectivity index (χ0n) is 15.9. The number of nitrogens with one attached hydrogen (secondary N) is 1. The Bertz CT molecular complexity index is 890. The van der Waals surface area contributed by atoms with Crippen LogP contribution in [0, 0.1) is 6.92 Å². The maximum Gasteiger partial charge on any atom is 0.189 e. The highest BCUT2D eigenvalue weighted by molar-refractivity contribution is 7.80. The quantitative estimate of drug-likeness (QED) is 0.457. The molecule has 0 saturated carbocycles. The van der Waals surface area contributed by atoms with Gasteiger partial charge in [-0.2, -0.15) is 5.10 Å². The van der Waals surface area contributed by atoms with Crippen LogP contribution in [-0.4, -0.2) is 53.5 Å². The van der Waals surface area contributed by atoms with Gasteiger partial charge < -0.3 is 20.3 Å². The summed E-state index contributed by atoms with van der Waals surface area (Å²) in [6.07, 6.45) is 2.50. The maximum absolute atomic E-state index is 5.77. The van der Waals surface area contributed by atoms with Gasteiger partial charge >= 0.3 is 0 Å². The molecule has 0 atom stereocenters. The van der Waals surface area contributed by atoms with Crippen LogP contribution >= 0.6 is 12.2 Å². The highest BCUT2D eigenvalue weighted by Crippen LogP contribution is 2.26. The topological polar surface area (TPSA) is 79.0 Å². The minimum atomic E-state index is 0.604. The molecule has 8 heteroatoms. The monoisotopic (exact) mass is 396 g/mol. The summed E-state index contributed by atoms with van der Waals surface area (Å²) in [5, 5.41) is 5.19. The molecule has 2 aliphatic heterocycles. The SMILES string of the molecule is Cc1ccnc2c1OCC/C2=N/NC(=S)N1CCN(c2ccc(N)cc2)CC1. The third-order valence-corrected chi connectivity index (χ3v) is 5.42. The lowest BCUT2D eigenvalue weighted by atomic mass is 10.1. The van der Waals surface area contributed by atoms with Gasteiger partial charge in [-0.1, -0.05) is 0 Å². The van der Waals surface area contributed by atoms with E-state index in [1.807, 2.05) is 25.1 Å². The van der Waals surface area contributed by atoms with Crippen LogP contribution in [0.2, 0.25) is 0 Å². The van der Waals surface area contributed by atoms with Crippen molar-refractivity contribution in [3.63, 3.8) is 0 Å². The molecule has 7 nitrogen and oxygen atoms in total. The first-order chi connectivity index (χ1) is 13.6. The Morgan fingerprint density at radius 2 is 1.93 bits per heavy atom. The number of aryl methyl sites for hydroxylation is 1. The van der Waals surface area contributed by atoms with E-state index in [2.05, 4.69) is 37.4 Å². The van der Waals surface area contributed by atoms with Crippen molar-refractivity contribution in [2.24, 2.45) is 5.10 Å². The van der Waals surface area contributed by atoms with Crippen molar-refractivity contribution < 1.29 is 4.74 Å². The zero-order chi connectivity index (χ0) is 19.5. The lowest BCUT2D eigenvalue weighted by Crippen LogP contribution is -2.51. The Labute approximate surface area is 170 Å². The minimum Gasteiger partial charge on any atom is -0.491 e. The number of rotatable bonds is 2. The van der Waals surface area contributed by atoms with Crippen molar-refractivity contribution in [3.8, 4) is 5.75 Å². The normalized spacial score (nSPS) is 17.8. The van der Waals surface area contributed by atoms with Crippen LogP contribution in [-0.2, 0) is 0 Å². The number of aromatic nitrogens is 1. The van der Waals surface area contributed by atoms with Crippen molar-refractivity contribution in [3.05, 3.63) is 47.8 Å². The largest absolute Gasteiger partial charge is 0.491 e. The molecule has 2 aromatic rings. The number of hydrogen-bond acceptors (Lipinski definition) is 6. The average Bonchev–Trinajstić information content (AvgIpc) is 2.73. The van der Waals surface area contributed by atoms with Crippen LogP contribution in [0.1, 0.15) is 17.7 Å². The van der Waals surface area contributed by atoms with Gasteiger partial charge in [0, 0.05) is 50.2 Å². The number of hydrogen-bond donors (Lipinski definition) is 2. The molecule has 28 heavy (non-hydrogen) atoms. The molecule has 3 heterocycles. The lowest BCUT2D eigenvalue weighted by Gasteiger charge is -2.37. The summed E-state index contributed by atoms with van der Waals surface area (Å²) in [7, 11) is 0. The summed E-state index contributed by atoms with van der Waals surface area (Å²) in [5.74, 6) is 0.817. The molecule has 1 aromatic heterocycles. The van der Waals surface area contributed by atoms with Crippen LogP contribution in [0.25, 0.3) is 0 Å². The number of benzene rings is 1. The van der Waals surface area contributed by atoms with Crippen LogP contribution < -0.4 is 20.8 Å². The average molecular weight is 397 g/mol. The molecule has 146 valence electrons. The standard InChI is InChI=1S/C20H24N6OS/c1-14-6-8-22-18-17(7-13-27-19(14)18)23-24-20(28)26-11-9-25(10-12-26)16-4-2-15(21)3-5-16/h2-6,8H,7,9-13,21H2,1H3,(H,24,28)/b23-17-. The van der Waals surface area contributed by atoms with Crippen LogP contribution in [0.3, 0.4) is 0 Å². The van der Waals surface area contributed by atoms with E-state index in [0.717, 1.165) is 54.6 Å². The first-order valence-corrected chi connectivity index (χ1v) is 9.83. The molecule has 0 radical (unpaired) electrons. The summed E-state index contributed by atoms with van der Waals surface area (Å²) < 4.78 is 5.74. The Kier molecular flexibility index (Phi) is 5.29. The number of ether oxygens (including phenoxy) is 1. The van der Waals surface area contributed by atoms with E-state index in [-0.39, 0.29) is 0 Å². The predicted octanol–water partition coefficient (Wildman–Crippen LogP) is 2.16. The summed E-state index contributed by atoms with van der Waals surface area (Å²) in [6, 6.07) is 9.94. The third kappa shape index (κ3) is 3.87. The Balaban J connectivity index is 1.36. The van der Waals surface area contributed by atoms with Crippen LogP contribution in [0.5, 0.6) is 5.75 Å². The van der Waals surface area contributed by atoms with Gasteiger partial charge in [0.25, 0.3) is 0 Å². The third-order valence-electron chi connectivity index (χ3n) is 5.07. The molecular weight excluding hydrogens is 372 g/mol. The highest BCUT2D eigenvalue weighted by atomic mass is 32.1. The second-order valence-electron chi connectivity index (χ2n) is 6.95. The number of nitrogen functional groups attached to an aromatic ring is 1. The smallest absolute Gasteiger partial charge is 0.189 e. The van der Waals surface area contributed by atoms with Gasteiger partial charge in [-0.15, -0.1) is 0 Å². The van der Waals surface area contributed by atoms with Gasteiger partial charge in [-0.25, -0.2) is 0 Å². The van der Waals surface area contributed by atoms with E-state index >= 15 is 0 Å². The molecule has 0 aliphatic carbocycles. The van der Waals surface area contributed by atoms with E-state index in [1.54, 1.807) is 6.20 Å². The lowest BCUT2D eigenvalue weighted by molar-refractivity contribution is 0.315. The maximum atomic E-state index is 5.77. The molecule has 4 rings (SSSR count). The predicted molar refractivity (Wildman–Crippen MR) is 116 cm³/mol. The summed E-state index contributed by atoms with van der Waals surface area (Å²) in [6.45, 7) is 6.12. The number of piperazine rings is 1. The van der Waals surface area contributed by atoms with Gasteiger partial charge in [0.15, 0.2) is 5.11 Å². The molecule has 0 bridgehead atoms. The molecule has 1 aromatic carbocycles. The fourth-order valence-corrected chi connectivity index (χ4v) is 3.68. The fraction of sp³-hybridized carbons (Fsp3) is 0.350. The molecule has 2 aliphatic rings. The first kappa shape index (κ1) is 18.5. The second kappa shape index (κ2) is 8.02. The Hall–Kier alpha value is -2.87. The highest BCUT2D eigenvalue weighted by Gasteiger charge is 2.22. The van der Waals surface area contributed by atoms with Crippen molar-refractivity contribution in [2.45, 2.75) is 13.3 Å². The van der Waals surface area contributed by atoms with Crippen LogP contribution in [0.4, 0.5) is 11.4 Å².